The molecule has 0 saturated carbocycles. The van der Waals surface area contributed by atoms with Crippen molar-refractivity contribution in [1.29, 1.82) is 0 Å². The standard InChI is InChI=1S/C37H27N6/c1-39-21-3-9-28-16-17-29-11-5-23-41(35(29)34(28)39)43-25-7-13-31-19-18-30-12-6-24-42(36(30)37(31)43)40-22-4-10-27-15-14-26-8-2-20-38-32(26)33(27)40/h2-25H,1H3/q+5. The van der Waals surface area contributed by atoms with Gasteiger partial charge in [0.1, 0.15) is 12.6 Å². The monoisotopic (exact) mass is 555 g/mol. The fourth-order valence-electron chi connectivity index (χ4n) is 6.65. The van der Waals surface area contributed by atoms with E-state index in [2.05, 4.69) is 164 Å². The first kappa shape index (κ1) is 23.8. The van der Waals surface area contributed by atoms with Crippen LogP contribution in [0.2, 0.25) is 0 Å². The zero-order valence-electron chi connectivity index (χ0n) is 23.5. The first-order chi connectivity index (χ1) is 21.3. The molecule has 200 valence electrons. The lowest BCUT2D eigenvalue weighted by atomic mass is 10.1. The maximum absolute atomic E-state index is 4.83. The second-order valence-corrected chi connectivity index (χ2v) is 11.0. The molecule has 6 heterocycles. The number of rotatable bonds is 2. The molecule has 0 saturated heterocycles. The van der Waals surface area contributed by atoms with Crippen molar-refractivity contribution < 1.29 is 23.3 Å². The highest BCUT2D eigenvalue weighted by atomic mass is 15.5. The van der Waals surface area contributed by atoms with Crippen LogP contribution in [0.25, 0.3) is 65.4 Å². The Morgan fingerprint density at radius 2 is 0.744 bits per heavy atom. The van der Waals surface area contributed by atoms with E-state index in [4.69, 9.17) is 4.98 Å². The lowest BCUT2D eigenvalue weighted by Gasteiger charge is -2.03. The molecule has 6 aromatic heterocycles. The molecule has 6 nitrogen and oxygen atoms in total. The smallest absolute Gasteiger partial charge is 0.249 e. The molecule has 3 aromatic carbocycles. The van der Waals surface area contributed by atoms with Gasteiger partial charge in [-0.3, -0.25) is 0 Å². The molecule has 0 N–H and O–H groups in total. The van der Waals surface area contributed by atoms with Gasteiger partial charge in [-0.1, -0.05) is 12.1 Å². The van der Waals surface area contributed by atoms with Crippen molar-refractivity contribution in [3.8, 4) is 0 Å². The third-order valence-electron chi connectivity index (χ3n) is 8.54. The lowest BCUT2D eigenvalue weighted by Crippen LogP contribution is -2.70. The van der Waals surface area contributed by atoms with Gasteiger partial charge >= 0.3 is 22.1 Å². The minimum absolute atomic E-state index is 0.973. The Hall–Kier alpha value is -5.88. The first-order valence-electron chi connectivity index (χ1n) is 14.5. The number of fused-ring (bicyclic) bond motifs is 9. The maximum atomic E-state index is 4.83. The summed E-state index contributed by atoms with van der Waals surface area (Å²) in [7, 11) is 2.12. The number of aromatic nitrogens is 6. The molecule has 0 unspecified atom stereocenters. The topological polar surface area (TPSA) is 32.3 Å². The molecule has 0 amide bonds. The molecule has 0 spiro atoms. The molecule has 0 fully saturated rings. The zero-order chi connectivity index (χ0) is 28.5. The molecule has 9 rings (SSSR count). The van der Waals surface area contributed by atoms with Crippen molar-refractivity contribution in [1.82, 2.24) is 4.98 Å². The molecular formula is C37H27N6+5. The minimum atomic E-state index is 0.973. The van der Waals surface area contributed by atoms with Gasteiger partial charge < -0.3 is 0 Å². The predicted molar refractivity (Wildman–Crippen MR) is 166 cm³/mol. The Kier molecular flexibility index (Phi) is 5.01. The van der Waals surface area contributed by atoms with Crippen LogP contribution in [0.15, 0.2) is 146 Å². The number of benzene rings is 3. The van der Waals surface area contributed by atoms with E-state index in [0.29, 0.717) is 0 Å². The van der Waals surface area contributed by atoms with Gasteiger partial charge in [0.25, 0.3) is 5.52 Å². The SMILES string of the molecule is C[n+]1cccc2ccc3ccc[n+](-[n+]4cccc5ccc6ccc[n+](-[n+]7cccc8ccc9cccnc9c87)c6c54)c3c21. The van der Waals surface area contributed by atoms with Gasteiger partial charge in [0.2, 0.25) is 24.8 Å². The van der Waals surface area contributed by atoms with Gasteiger partial charge in [0, 0.05) is 41.9 Å². The maximum Gasteiger partial charge on any atom is 0.362 e. The number of nitrogens with zero attached hydrogens (tertiary/aromatic N) is 6. The van der Waals surface area contributed by atoms with E-state index in [1.165, 1.54) is 16.3 Å². The second kappa shape index (κ2) is 9.06. The van der Waals surface area contributed by atoms with Gasteiger partial charge in [-0.15, -0.1) is 0 Å². The summed E-state index contributed by atoms with van der Waals surface area (Å²) in [5, 5.41) is 6.91. The molecule has 0 atom stereocenters. The van der Waals surface area contributed by atoms with Gasteiger partial charge in [-0.25, -0.2) is 4.98 Å². The number of pyridine rings is 6. The van der Waals surface area contributed by atoms with Crippen LogP contribution < -0.4 is 23.3 Å². The quantitative estimate of drug-likeness (QED) is 0.227. The number of hydrogen-bond acceptors (Lipinski definition) is 1. The Morgan fingerprint density at radius 1 is 0.372 bits per heavy atom. The summed E-state index contributed by atoms with van der Waals surface area (Å²) in [5.74, 6) is 0. The van der Waals surface area contributed by atoms with Crippen LogP contribution in [0.1, 0.15) is 0 Å². The predicted octanol–water partition coefficient (Wildman–Crippen LogP) is 4.60. The second-order valence-electron chi connectivity index (χ2n) is 11.0. The molecule has 0 aliphatic carbocycles. The van der Waals surface area contributed by atoms with Gasteiger partial charge in [0.05, 0.1) is 45.6 Å². The molecular weight excluding hydrogens is 528 g/mol. The Morgan fingerprint density at radius 3 is 1.28 bits per heavy atom. The van der Waals surface area contributed by atoms with Gasteiger partial charge in [-0.05, 0) is 66.7 Å². The van der Waals surface area contributed by atoms with Crippen molar-refractivity contribution >= 4 is 65.4 Å². The van der Waals surface area contributed by atoms with Crippen molar-refractivity contribution in [2.45, 2.75) is 0 Å². The molecule has 0 aliphatic heterocycles. The molecule has 0 radical (unpaired) electrons. The number of aryl methyl sites for hydroxylation is 1. The highest BCUT2D eigenvalue weighted by molar-refractivity contribution is 6.01. The molecule has 0 aliphatic rings. The molecule has 6 heteroatoms. The summed E-state index contributed by atoms with van der Waals surface area (Å²) >= 11 is 0. The average Bonchev–Trinajstić information content (AvgIpc) is 3.07. The van der Waals surface area contributed by atoms with E-state index in [-0.39, 0.29) is 0 Å². The van der Waals surface area contributed by atoms with Crippen LogP contribution in [0, 0.1) is 0 Å². The summed E-state index contributed by atoms with van der Waals surface area (Å²) in [4.78, 5) is 4.83. The van der Waals surface area contributed by atoms with Gasteiger partial charge in [0.15, 0.2) is 6.20 Å². The zero-order valence-corrected chi connectivity index (χ0v) is 23.5. The van der Waals surface area contributed by atoms with E-state index in [9.17, 15) is 0 Å². The highest BCUT2D eigenvalue weighted by Crippen LogP contribution is 2.23. The Balaban J connectivity index is 1.46. The van der Waals surface area contributed by atoms with Crippen LogP contribution in [0.4, 0.5) is 0 Å². The van der Waals surface area contributed by atoms with E-state index < -0.39 is 0 Å². The molecule has 43 heavy (non-hydrogen) atoms. The van der Waals surface area contributed by atoms with E-state index in [1.54, 1.807) is 0 Å². The summed E-state index contributed by atoms with van der Waals surface area (Å²) in [5.41, 5.74) is 6.56. The fraction of sp³-hybridized carbons (Fsp3) is 0.0270. The van der Waals surface area contributed by atoms with Crippen molar-refractivity contribution in [2.75, 3.05) is 0 Å². The third kappa shape index (κ3) is 3.47. The normalized spacial score (nSPS) is 11.8. The first-order valence-corrected chi connectivity index (χ1v) is 14.5. The van der Waals surface area contributed by atoms with Crippen LogP contribution in [0.3, 0.4) is 0 Å². The van der Waals surface area contributed by atoms with Crippen LogP contribution in [0.5, 0.6) is 0 Å². The van der Waals surface area contributed by atoms with Gasteiger partial charge in [-0.2, -0.15) is 4.57 Å². The summed E-state index contributed by atoms with van der Waals surface area (Å²) in [6.45, 7) is 0. The van der Waals surface area contributed by atoms with Crippen molar-refractivity contribution in [2.24, 2.45) is 7.05 Å². The Bertz CT molecular complexity index is 2590. The molecule has 9 aromatic rings. The van der Waals surface area contributed by atoms with Crippen molar-refractivity contribution in [3.63, 3.8) is 0 Å². The largest absolute Gasteiger partial charge is 0.362 e. The van der Waals surface area contributed by atoms with E-state index >= 15 is 0 Å². The fourth-order valence-corrected chi connectivity index (χ4v) is 6.65. The Labute approximate surface area is 246 Å². The van der Waals surface area contributed by atoms with Crippen molar-refractivity contribution in [3.05, 3.63) is 146 Å². The van der Waals surface area contributed by atoms with Crippen LogP contribution in [-0.2, 0) is 7.05 Å². The average molecular weight is 556 g/mol. The number of hydrogen-bond donors (Lipinski definition) is 0. The minimum Gasteiger partial charge on any atom is -0.249 e. The van der Waals surface area contributed by atoms with Crippen LogP contribution in [-0.4, -0.2) is 4.98 Å². The highest BCUT2D eigenvalue weighted by Gasteiger charge is 2.35. The summed E-state index contributed by atoms with van der Waals surface area (Å²) < 4.78 is 11.3. The third-order valence-corrected chi connectivity index (χ3v) is 8.54. The summed E-state index contributed by atoms with van der Waals surface area (Å²) in [6, 6.07) is 38.8. The van der Waals surface area contributed by atoms with E-state index in [1.807, 2.05) is 12.3 Å². The summed E-state index contributed by atoms with van der Waals surface area (Å²) in [6.07, 6.45) is 12.6. The van der Waals surface area contributed by atoms with E-state index in [0.717, 1.165) is 49.1 Å². The van der Waals surface area contributed by atoms with Crippen LogP contribution >= 0.6 is 0 Å². The lowest BCUT2D eigenvalue weighted by molar-refractivity contribution is -1.28. The molecule has 0 bridgehead atoms.